The highest BCUT2D eigenvalue weighted by molar-refractivity contribution is 7.11. The lowest BCUT2D eigenvalue weighted by Crippen LogP contribution is -2.10. The number of amides is 1. The van der Waals surface area contributed by atoms with Crippen molar-refractivity contribution in [3.63, 3.8) is 0 Å². The predicted octanol–water partition coefficient (Wildman–Crippen LogP) is 0.0545. The number of nitrogens with two attached hydrogens (primary N) is 1. The van der Waals surface area contributed by atoms with Gasteiger partial charge in [0.15, 0.2) is 11.3 Å². The summed E-state index contributed by atoms with van der Waals surface area (Å²) in [6, 6.07) is 0. The van der Waals surface area contributed by atoms with Gasteiger partial charge >= 0.3 is 0 Å². The summed E-state index contributed by atoms with van der Waals surface area (Å²) in [5, 5.41) is 1.65. The Morgan fingerprint density at radius 3 is 2.80 bits per heavy atom. The minimum Gasteiger partial charge on any atom is -0.364 e. The monoisotopic (exact) mass is 156 g/mol. The summed E-state index contributed by atoms with van der Waals surface area (Å²) in [6.45, 7) is 0. The molecule has 1 amide bonds. The number of thiazole rings is 1. The van der Waals surface area contributed by atoms with Crippen molar-refractivity contribution in [3.8, 4) is 0 Å². The number of aldehydes is 1. The number of aromatic nitrogens is 1. The van der Waals surface area contributed by atoms with Crippen molar-refractivity contribution in [2.75, 3.05) is 0 Å². The van der Waals surface area contributed by atoms with E-state index in [0.29, 0.717) is 6.29 Å². The highest BCUT2D eigenvalue weighted by atomic mass is 32.1. The van der Waals surface area contributed by atoms with Crippen LogP contribution in [0.5, 0.6) is 0 Å². The summed E-state index contributed by atoms with van der Waals surface area (Å²) in [4.78, 5) is 24.0. The van der Waals surface area contributed by atoms with Gasteiger partial charge in [0.2, 0.25) is 0 Å². The quantitative estimate of drug-likeness (QED) is 0.615. The largest absolute Gasteiger partial charge is 0.364 e. The second-order valence-corrected chi connectivity index (χ2v) is 2.42. The van der Waals surface area contributed by atoms with Crippen LogP contribution < -0.4 is 5.73 Å². The third-order valence-corrected chi connectivity index (χ3v) is 1.73. The molecule has 0 atom stereocenters. The average Bonchev–Trinajstić information content (AvgIpc) is 2.34. The van der Waals surface area contributed by atoms with E-state index in [1.165, 1.54) is 5.38 Å². The molecule has 4 nitrogen and oxygen atoms in total. The summed E-state index contributed by atoms with van der Waals surface area (Å²) in [5.41, 5.74) is 5.12. The van der Waals surface area contributed by atoms with Gasteiger partial charge in [-0.2, -0.15) is 0 Å². The third-order valence-electron chi connectivity index (χ3n) is 0.853. The number of nitrogens with zero attached hydrogens (tertiary/aromatic N) is 1. The first kappa shape index (κ1) is 6.88. The van der Waals surface area contributed by atoms with Gasteiger partial charge in [0, 0.05) is 5.38 Å². The van der Waals surface area contributed by atoms with E-state index in [1.54, 1.807) is 0 Å². The van der Waals surface area contributed by atoms with E-state index in [9.17, 15) is 9.59 Å². The van der Waals surface area contributed by atoms with Gasteiger partial charge in [0.05, 0.1) is 0 Å². The molecule has 0 bridgehead atoms. The molecule has 0 aliphatic heterocycles. The number of primary amides is 1. The lowest BCUT2D eigenvalue weighted by atomic mass is 10.5. The summed E-state index contributed by atoms with van der Waals surface area (Å²) in [7, 11) is 0. The van der Waals surface area contributed by atoms with Crippen LogP contribution in [0.25, 0.3) is 0 Å². The lowest BCUT2D eigenvalue weighted by Gasteiger charge is -1.80. The molecule has 0 aliphatic rings. The number of hydrogen-bond donors (Lipinski definition) is 1. The molecule has 1 aromatic heterocycles. The second-order valence-electron chi connectivity index (χ2n) is 1.56. The molecule has 0 unspecified atom stereocenters. The number of carbonyl (C=O) groups is 2. The predicted molar refractivity (Wildman–Crippen MR) is 36.0 cm³/mol. The maximum atomic E-state index is 10.4. The smallest absolute Gasteiger partial charge is 0.277 e. The van der Waals surface area contributed by atoms with Crippen LogP contribution in [0.1, 0.15) is 20.3 Å². The minimum atomic E-state index is -0.599. The first-order valence-corrected chi connectivity index (χ1v) is 3.32. The number of carbonyl (C=O) groups excluding carboxylic acids is 2. The maximum absolute atomic E-state index is 10.4. The Kier molecular flexibility index (Phi) is 1.77. The van der Waals surface area contributed by atoms with Gasteiger partial charge in [-0.1, -0.05) is 0 Å². The summed E-state index contributed by atoms with van der Waals surface area (Å²) >= 11 is 1.07. The topological polar surface area (TPSA) is 73.1 Å². The van der Waals surface area contributed by atoms with Crippen molar-refractivity contribution in [2.45, 2.75) is 0 Å². The van der Waals surface area contributed by atoms with E-state index >= 15 is 0 Å². The molecular weight excluding hydrogens is 152 g/mol. The molecule has 0 spiro atoms. The minimum absolute atomic E-state index is 0.169. The zero-order chi connectivity index (χ0) is 7.56. The Hall–Kier alpha value is -1.23. The fraction of sp³-hybridized carbons (Fsp3) is 0. The number of rotatable bonds is 2. The maximum Gasteiger partial charge on any atom is 0.277 e. The van der Waals surface area contributed by atoms with Crippen LogP contribution in [-0.2, 0) is 0 Å². The van der Waals surface area contributed by atoms with Crippen molar-refractivity contribution in [3.05, 3.63) is 16.1 Å². The van der Waals surface area contributed by atoms with Crippen molar-refractivity contribution in [1.82, 2.24) is 4.98 Å². The Morgan fingerprint density at radius 2 is 2.50 bits per heavy atom. The van der Waals surface area contributed by atoms with Crippen LogP contribution in [0.3, 0.4) is 0 Å². The molecule has 0 saturated heterocycles. The van der Waals surface area contributed by atoms with Crippen LogP contribution in [-0.4, -0.2) is 17.2 Å². The van der Waals surface area contributed by atoms with Crippen molar-refractivity contribution in [1.29, 1.82) is 0 Å². The van der Waals surface area contributed by atoms with Gasteiger partial charge in [0.25, 0.3) is 5.91 Å². The fourth-order valence-electron chi connectivity index (χ4n) is 0.453. The molecule has 0 fully saturated rings. The zero-order valence-corrected chi connectivity index (χ0v) is 5.72. The average molecular weight is 156 g/mol. The standard InChI is InChI=1S/C5H4N2O2S/c6-4(9)5-7-3(1-8)2-10-5/h1-2H,(H2,6,9). The van der Waals surface area contributed by atoms with Crippen molar-refractivity contribution >= 4 is 23.5 Å². The van der Waals surface area contributed by atoms with Crippen LogP contribution in [0.4, 0.5) is 0 Å². The van der Waals surface area contributed by atoms with Gasteiger partial charge in [-0.3, -0.25) is 9.59 Å². The van der Waals surface area contributed by atoms with Crippen LogP contribution in [0, 0.1) is 0 Å². The van der Waals surface area contributed by atoms with E-state index in [2.05, 4.69) is 4.98 Å². The van der Waals surface area contributed by atoms with Crippen LogP contribution >= 0.6 is 11.3 Å². The Balaban J connectivity index is 2.98. The molecule has 0 aromatic carbocycles. The van der Waals surface area contributed by atoms with Gasteiger partial charge in [-0.05, 0) is 0 Å². The van der Waals surface area contributed by atoms with Crippen molar-refractivity contribution in [2.24, 2.45) is 5.73 Å². The molecule has 0 radical (unpaired) electrons. The van der Waals surface area contributed by atoms with Gasteiger partial charge in [-0.25, -0.2) is 4.98 Å². The Labute approximate surface area is 60.7 Å². The molecule has 2 N–H and O–H groups in total. The molecule has 1 rings (SSSR count). The first-order valence-electron chi connectivity index (χ1n) is 2.44. The Bertz CT molecular complexity index is 268. The summed E-state index contributed by atoms with van der Waals surface area (Å²) < 4.78 is 0. The third kappa shape index (κ3) is 1.19. The summed E-state index contributed by atoms with van der Waals surface area (Å²) in [5.74, 6) is -0.599. The van der Waals surface area contributed by atoms with E-state index in [-0.39, 0.29) is 10.7 Å². The second kappa shape index (κ2) is 2.57. The van der Waals surface area contributed by atoms with E-state index < -0.39 is 5.91 Å². The fourth-order valence-corrected chi connectivity index (χ4v) is 1.07. The molecule has 52 valence electrons. The van der Waals surface area contributed by atoms with Crippen LogP contribution in [0.2, 0.25) is 0 Å². The normalized spacial score (nSPS) is 9.20. The number of hydrogen-bond acceptors (Lipinski definition) is 4. The molecule has 0 aliphatic carbocycles. The molecular formula is C5H4N2O2S. The van der Waals surface area contributed by atoms with E-state index in [1.807, 2.05) is 0 Å². The SMILES string of the molecule is NC(=O)c1nc(C=O)cs1. The summed E-state index contributed by atoms with van der Waals surface area (Å²) in [6.07, 6.45) is 0.572. The molecule has 0 saturated carbocycles. The molecule has 10 heavy (non-hydrogen) atoms. The molecule has 5 heteroatoms. The van der Waals surface area contributed by atoms with Gasteiger partial charge in [-0.15, -0.1) is 11.3 Å². The Morgan fingerprint density at radius 1 is 1.80 bits per heavy atom. The highest BCUT2D eigenvalue weighted by Crippen LogP contribution is 2.06. The van der Waals surface area contributed by atoms with Gasteiger partial charge < -0.3 is 5.73 Å². The molecule has 1 aromatic rings. The first-order chi connectivity index (χ1) is 4.74. The van der Waals surface area contributed by atoms with E-state index in [0.717, 1.165) is 11.3 Å². The lowest BCUT2D eigenvalue weighted by molar-refractivity contribution is 0.1000. The zero-order valence-electron chi connectivity index (χ0n) is 4.90. The van der Waals surface area contributed by atoms with Gasteiger partial charge in [0.1, 0.15) is 5.69 Å². The highest BCUT2D eigenvalue weighted by Gasteiger charge is 2.04. The van der Waals surface area contributed by atoms with Crippen molar-refractivity contribution < 1.29 is 9.59 Å². The van der Waals surface area contributed by atoms with E-state index in [4.69, 9.17) is 5.73 Å². The van der Waals surface area contributed by atoms with Crippen LogP contribution in [0.15, 0.2) is 5.38 Å². The molecule has 1 heterocycles.